The number of ketones is 1. The van der Waals surface area contributed by atoms with Crippen molar-refractivity contribution in [2.75, 3.05) is 26.9 Å². The number of aromatic amines is 1. The Kier molecular flexibility index (Phi) is 5.92. The van der Waals surface area contributed by atoms with Gasteiger partial charge in [0.1, 0.15) is 6.23 Å². The number of benzene rings is 1. The lowest BCUT2D eigenvalue weighted by atomic mass is 10.1. The number of nitrogens with one attached hydrogen (secondary N) is 2. The summed E-state index contributed by atoms with van der Waals surface area (Å²) in [4.78, 5) is 15.3. The fourth-order valence-corrected chi connectivity index (χ4v) is 2.06. The molecule has 1 atom stereocenters. The van der Waals surface area contributed by atoms with Crippen molar-refractivity contribution in [1.29, 1.82) is 0 Å². The Balaban J connectivity index is 1.87. The van der Waals surface area contributed by atoms with E-state index in [0.29, 0.717) is 18.8 Å². The van der Waals surface area contributed by atoms with E-state index in [0.717, 1.165) is 17.3 Å². The van der Waals surface area contributed by atoms with E-state index in [1.54, 1.807) is 13.3 Å². The third kappa shape index (κ3) is 4.39. The van der Waals surface area contributed by atoms with Crippen LogP contribution in [-0.4, -0.2) is 43.9 Å². The van der Waals surface area contributed by atoms with Crippen LogP contribution in [0.5, 0.6) is 0 Å². The normalized spacial score (nSPS) is 12.7. The van der Waals surface area contributed by atoms with Gasteiger partial charge in [-0.15, -0.1) is 0 Å². The van der Waals surface area contributed by atoms with Crippen LogP contribution in [0.2, 0.25) is 0 Å². The van der Waals surface area contributed by atoms with Gasteiger partial charge in [0, 0.05) is 35.8 Å². The molecule has 1 heterocycles. The largest absolute Gasteiger partial charge is 0.382 e. The maximum atomic E-state index is 12.2. The van der Waals surface area contributed by atoms with Gasteiger partial charge in [0.25, 0.3) is 0 Å². The first-order valence-electron chi connectivity index (χ1n) is 7.10. The summed E-state index contributed by atoms with van der Waals surface area (Å²) in [6.07, 6.45) is 2.40. The summed E-state index contributed by atoms with van der Waals surface area (Å²) >= 11 is 0. The van der Waals surface area contributed by atoms with Gasteiger partial charge in [0.2, 0.25) is 0 Å². The number of carbonyl (C=O) groups is 1. The summed E-state index contributed by atoms with van der Waals surface area (Å²) in [7, 11) is 1.63. The summed E-state index contributed by atoms with van der Waals surface area (Å²) in [6, 6.07) is 8.63. The minimum absolute atomic E-state index is 0.0419. The van der Waals surface area contributed by atoms with Crippen LogP contribution in [0.4, 0.5) is 0 Å². The Bertz CT molecular complexity index is 580. The van der Waals surface area contributed by atoms with Crippen molar-refractivity contribution in [2.45, 2.75) is 19.6 Å². The topological polar surface area (TPSA) is 63.4 Å². The molecular weight excluding hydrogens is 268 g/mol. The van der Waals surface area contributed by atoms with Crippen LogP contribution >= 0.6 is 0 Å². The van der Waals surface area contributed by atoms with Crippen LogP contribution in [0, 0.1) is 6.07 Å². The van der Waals surface area contributed by atoms with E-state index in [4.69, 9.17) is 9.47 Å². The summed E-state index contributed by atoms with van der Waals surface area (Å²) in [5.41, 5.74) is 1.60. The number of H-pyrrole nitrogens is 1. The predicted molar refractivity (Wildman–Crippen MR) is 81.4 cm³/mol. The van der Waals surface area contributed by atoms with Crippen LogP contribution in [0.1, 0.15) is 23.7 Å². The second-order valence-corrected chi connectivity index (χ2v) is 4.76. The first-order valence-corrected chi connectivity index (χ1v) is 7.10. The molecule has 0 saturated carbocycles. The van der Waals surface area contributed by atoms with Gasteiger partial charge in [-0.2, -0.15) is 0 Å². The average Bonchev–Trinajstić information content (AvgIpc) is 2.97. The van der Waals surface area contributed by atoms with Crippen molar-refractivity contribution in [3.63, 3.8) is 0 Å². The molecule has 0 aliphatic heterocycles. The summed E-state index contributed by atoms with van der Waals surface area (Å²) < 4.78 is 10.5. The van der Waals surface area contributed by atoms with Crippen LogP contribution in [0.3, 0.4) is 0 Å². The fourth-order valence-electron chi connectivity index (χ4n) is 2.06. The average molecular weight is 289 g/mol. The van der Waals surface area contributed by atoms with E-state index in [-0.39, 0.29) is 18.6 Å². The van der Waals surface area contributed by atoms with Crippen molar-refractivity contribution in [3.05, 3.63) is 36.0 Å². The number of hydrogen-bond acceptors (Lipinski definition) is 4. The van der Waals surface area contributed by atoms with Crippen LogP contribution in [-0.2, 0) is 9.47 Å². The van der Waals surface area contributed by atoms with Gasteiger partial charge < -0.3 is 14.5 Å². The van der Waals surface area contributed by atoms with Gasteiger partial charge in [-0.1, -0.05) is 19.1 Å². The number of methoxy groups -OCH3 is 1. The Morgan fingerprint density at radius 2 is 2.29 bits per heavy atom. The third-order valence-corrected chi connectivity index (χ3v) is 3.26. The van der Waals surface area contributed by atoms with Crippen LogP contribution in [0.25, 0.3) is 10.9 Å². The minimum atomic E-state index is -0.133. The van der Waals surface area contributed by atoms with E-state index in [1.807, 2.05) is 25.1 Å². The molecule has 113 valence electrons. The SMILES string of the molecule is CCC(NCC(=O)c1ccc2[c]c[nH]c2c1)OCCOC. The Morgan fingerprint density at radius 3 is 3.05 bits per heavy atom. The molecule has 1 radical (unpaired) electrons. The van der Waals surface area contributed by atoms with E-state index in [2.05, 4.69) is 16.4 Å². The third-order valence-electron chi connectivity index (χ3n) is 3.26. The van der Waals surface area contributed by atoms with Crippen molar-refractivity contribution in [2.24, 2.45) is 0 Å². The van der Waals surface area contributed by atoms with Gasteiger partial charge in [0.15, 0.2) is 5.78 Å². The lowest BCUT2D eigenvalue weighted by Gasteiger charge is -2.17. The summed E-state index contributed by atoms with van der Waals surface area (Å²) in [5.74, 6) is 0.0419. The zero-order valence-electron chi connectivity index (χ0n) is 12.4. The highest BCUT2D eigenvalue weighted by molar-refractivity contribution is 6.00. The molecule has 5 heteroatoms. The van der Waals surface area contributed by atoms with Crippen molar-refractivity contribution >= 4 is 16.7 Å². The molecule has 2 aromatic rings. The van der Waals surface area contributed by atoms with Gasteiger partial charge in [-0.3, -0.25) is 10.1 Å². The Morgan fingerprint density at radius 1 is 1.43 bits per heavy atom. The van der Waals surface area contributed by atoms with Gasteiger partial charge in [-0.25, -0.2) is 0 Å². The second kappa shape index (κ2) is 7.93. The number of rotatable bonds is 9. The molecule has 0 amide bonds. The molecule has 0 fully saturated rings. The highest BCUT2D eigenvalue weighted by atomic mass is 16.5. The molecule has 1 aromatic heterocycles. The van der Waals surface area contributed by atoms with Crippen molar-refractivity contribution in [3.8, 4) is 0 Å². The highest BCUT2D eigenvalue weighted by Gasteiger charge is 2.11. The first kappa shape index (κ1) is 15.7. The Labute approximate surface area is 124 Å². The lowest BCUT2D eigenvalue weighted by Crippen LogP contribution is -2.36. The fraction of sp³-hybridized carbons (Fsp3) is 0.438. The van der Waals surface area contributed by atoms with Crippen LogP contribution in [0.15, 0.2) is 24.4 Å². The number of fused-ring (bicyclic) bond motifs is 1. The summed E-state index contributed by atoms with van der Waals surface area (Å²) in [5, 5.41) is 4.10. The van der Waals surface area contributed by atoms with Gasteiger partial charge in [0.05, 0.1) is 19.8 Å². The molecule has 1 aromatic carbocycles. The molecule has 2 N–H and O–H groups in total. The zero-order valence-corrected chi connectivity index (χ0v) is 12.4. The van der Waals surface area contributed by atoms with Gasteiger partial charge >= 0.3 is 0 Å². The van der Waals surface area contributed by atoms with Gasteiger partial charge in [-0.05, 0) is 12.5 Å². The van der Waals surface area contributed by atoms with E-state index >= 15 is 0 Å². The maximum Gasteiger partial charge on any atom is 0.176 e. The van der Waals surface area contributed by atoms with Crippen molar-refractivity contribution in [1.82, 2.24) is 10.3 Å². The number of carbonyl (C=O) groups excluding carboxylic acids is 1. The summed E-state index contributed by atoms with van der Waals surface area (Å²) in [6.45, 7) is 3.32. The number of ether oxygens (including phenoxy) is 2. The van der Waals surface area contributed by atoms with Crippen molar-refractivity contribution < 1.29 is 14.3 Å². The quantitative estimate of drug-likeness (QED) is 0.422. The highest BCUT2D eigenvalue weighted by Crippen LogP contribution is 2.13. The standard InChI is InChI=1S/C16H21N2O3/c1-3-16(21-9-8-20-2)18-11-15(19)13-5-4-12-6-7-17-14(12)10-13/h4-5,7,10,16-18H,3,8-9,11H2,1-2H3. The zero-order chi connectivity index (χ0) is 15.1. The molecule has 0 bridgehead atoms. The second-order valence-electron chi connectivity index (χ2n) is 4.76. The molecule has 1 unspecified atom stereocenters. The molecule has 0 saturated heterocycles. The first-order chi connectivity index (χ1) is 10.2. The molecule has 2 rings (SSSR count). The lowest BCUT2D eigenvalue weighted by molar-refractivity contribution is -0.000925. The number of Topliss-reactive ketones (excluding diaryl/α,β-unsaturated/α-hetero) is 1. The maximum absolute atomic E-state index is 12.2. The van der Waals surface area contributed by atoms with E-state index in [1.165, 1.54) is 0 Å². The molecule has 0 aliphatic carbocycles. The number of hydrogen-bond donors (Lipinski definition) is 2. The monoisotopic (exact) mass is 289 g/mol. The van der Waals surface area contributed by atoms with Crippen LogP contribution < -0.4 is 5.32 Å². The Hall–Kier alpha value is -1.69. The molecule has 0 spiro atoms. The smallest absolute Gasteiger partial charge is 0.176 e. The molecular formula is C16H21N2O3. The van der Waals surface area contributed by atoms with E-state index in [9.17, 15) is 4.79 Å². The molecule has 0 aliphatic rings. The predicted octanol–water partition coefficient (Wildman–Crippen LogP) is 2.14. The molecule has 5 nitrogen and oxygen atoms in total. The number of aromatic nitrogens is 1. The minimum Gasteiger partial charge on any atom is -0.382 e. The van der Waals surface area contributed by atoms with E-state index < -0.39 is 0 Å². The molecule has 21 heavy (non-hydrogen) atoms.